The minimum atomic E-state index is 0.185. The van der Waals surface area contributed by atoms with Crippen LogP contribution >= 0.6 is 0 Å². The van der Waals surface area contributed by atoms with Gasteiger partial charge in [0.25, 0.3) is 0 Å². The molecule has 0 saturated heterocycles. The van der Waals surface area contributed by atoms with E-state index in [0.29, 0.717) is 28.6 Å². The molecule has 0 radical (unpaired) electrons. The quantitative estimate of drug-likeness (QED) is 0.583. The van der Waals surface area contributed by atoms with Crippen LogP contribution in [0.1, 0.15) is 0 Å². The maximum absolute atomic E-state index is 6.05. The number of benzene rings is 1. The maximum Gasteiger partial charge on any atom is 0.228 e. The second-order valence-corrected chi connectivity index (χ2v) is 5.58. The van der Waals surface area contributed by atoms with E-state index in [-0.39, 0.29) is 5.95 Å². The third-order valence-electron chi connectivity index (χ3n) is 3.81. The van der Waals surface area contributed by atoms with Crippen molar-refractivity contribution >= 4 is 5.95 Å². The number of hydrogen-bond acceptors (Lipinski definition) is 7. The van der Waals surface area contributed by atoms with E-state index in [1.165, 1.54) is 0 Å². The first kappa shape index (κ1) is 16.5. The Morgan fingerprint density at radius 3 is 2.63 bits per heavy atom. The molecule has 2 N–H and O–H groups in total. The molecule has 0 fully saturated rings. The number of nitrogen functional groups attached to an aromatic ring is 1. The average Bonchev–Trinajstić information content (AvgIpc) is 3.23. The van der Waals surface area contributed by atoms with Gasteiger partial charge in [-0.15, -0.1) is 0 Å². The highest BCUT2D eigenvalue weighted by molar-refractivity contribution is 5.66. The average molecular weight is 360 g/mol. The summed E-state index contributed by atoms with van der Waals surface area (Å²) in [6.07, 6.45) is 6.79. The summed E-state index contributed by atoms with van der Waals surface area (Å²) in [6, 6.07) is 12.8. The van der Waals surface area contributed by atoms with E-state index >= 15 is 0 Å². The van der Waals surface area contributed by atoms with Crippen LogP contribution in [0.15, 0.2) is 67.3 Å². The number of rotatable bonds is 5. The number of anilines is 1. The molecular weight excluding hydrogens is 344 g/mol. The summed E-state index contributed by atoms with van der Waals surface area (Å²) in [7, 11) is 1.60. The Morgan fingerprint density at radius 2 is 1.85 bits per heavy atom. The van der Waals surface area contributed by atoms with Crippen LogP contribution in [0.3, 0.4) is 0 Å². The van der Waals surface area contributed by atoms with Crippen molar-refractivity contribution < 1.29 is 9.47 Å². The van der Waals surface area contributed by atoms with Crippen LogP contribution in [0.25, 0.3) is 16.9 Å². The first-order valence-corrected chi connectivity index (χ1v) is 8.14. The Balaban J connectivity index is 1.74. The standard InChI is InChI=1S/C19H16N6O2/c1-26-14-10-13(25-9-3-7-23-25)11-15(12-14)27-18-16(4-2-6-21-18)17-5-8-22-19(20)24-17/h2-12H,1H3,(H2,20,22,24). The second-order valence-electron chi connectivity index (χ2n) is 5.58. The van der Waals surface area contributed by atoms with Gasteiger partial charge in [0.05, 0.1) is 24.1 Å². The van der Waals surface area contributed by atoms with Gasteiger partial charge in [0.15, 0.2) is 0 Å². The molecule has 8 heteroatoms. The molecule has 0 spiro atoms. The number of nitrogens with zero attached hydrogens (tertiary/aromatic N) is 5. The zero-order valence-corrected chi connectivity index (χ0v) is 14.5. The molecule has 0 atom stereocenters. The van der Waals surface area contributed by atoms with Crippen molar-refractivity contribution in [1.82, 2.24) is 24.7 Å². The summed E-state index contributed by atoms with van der Waals surface area (Å²) < 4.78 is 13.2. The van der Waals surface area contributed by atoms with E-state index < -0.39 is 0 Å². The van der Waals surface area contributed by atoms with Crippen molar-refractivity contribution in [3.8, 4) is 34.3 Å². The highest BCUT2D eigenvalue weighted by atomic mass is 16.5. The smallest absolute Gasteiger partial charge is 0.228 e. The summed E-state index contributed by atoms with van der Waals surface area (Å²) in [5.41, 5.74) is 7.83. The van der Waals surface area contributed by atoms with Gasteiger partial charge in [-0.2, -0.15) is 5.10 Å². The topological polar surface area (TPSA) is 101 Å². The van der Waals surface area contributed by atoms with Crippen LogP contribution < -0.4 is 15.2 Å². The summed E-state index contributed by atoms with van der Waals surface area (Å²) in [5.74, 6) is 1.78. The van der Waals surface area contributed by atoms with Crippen molar-refractivity contribution in [2.75, 3.05) is 12.8 Å². The minimum Gasteiger partial charge on any atom is -0.497 e. The Morgan fingerprint density at radius 1 is 0.963 bits per heavy atom. The largest absolute Gasteiger partial charge is 0.497 e. The van der Waals surface area contributed by atoms with Crippen LogP contribution in [-0.2, 0) is 0 Å². The van der Waals surface area contributed by atoms with Crippen molar-refractivity contribution in [3.63, 3.8) is 0 Å². The number of hydrogen-bond donors (Lipinski definition) is 1. The minimum absolute atomic E-state index is 0.185. The number of nitrogens with two attached hydrogens (primary N) is 1. The van der Waals surface area contributed by atoms with Crippen LogP contribution in [-0.4, -0.2) is 31.8 Å². The van der Waals surface area contributed by atoms with Gasteiger partial charge in [0.1, 0.15) is 11.5 Å². The first-order chi connectivity index (χ1) is 13.2. The summed E-state index contributed by atoms with van der Waals surface area (Å²) in [6.45, 7) is 0. The highest BCUT2D eigenvalue weighted by Crippen LogP contribution is 2.33. The molecule has 0 aliphatic carbocycles. The van der Waals surface area contributed by atoms with Gasteiger partial charge < -0.3 is 15.2 Å². The lowest BCUT2D eigenvalue weighted by Crippen LogP contribution is -1.99. The lowest BCUT2D eigenvalue weighted by Gasteiger charge is -2.12. The molecule has 0 saturated carbocycles. The van der Waals surface area contributed by atoms with Crippen LogP contribution in [0.5, 0.6) is 17.4 Å². The van der Waals surface area contributed by atoms with E-state index in [9.17, 15) is 0 Å². The second kappa shape index (κ2) is 7.12. The van der Waals surface area contributed by atoms with E-state index in [1.54, 1.807) is 48.6 Å². The van der Waals surface area contributed by atoms with Gasteiger partial charge in [-0.1, -0.05) is 0 Å². The van der Waals surface area contributed by atoms with Crippen molar-refractivity contribution in [3.05, 3.63) is 67.3 Å². The van der Waals surface area contributed by atoms with Gasteiger partial charge in [0.2, 0.25) is 11.8 Å². The Labute approximate surface area is 155 Å². The molecule has 1 aromatic carbocycles. The molecule has 0 amide bonds. The third-order valence-corrected chi connectivity index (χ3v) is 3.81. The Hall–Kier alpha value is -3.94. The summed E-state index contributed by atoms with van der Waals surface area (Å²) in [5, 5.41) is 4.24. The van der Waals surface area contributed by atoms with Crippen molar-refractivity contribution in [2.24, 2.45) is 0 Å². The molecule has 3 aromatic heterocycles. The zero-order valence-electron chi connectivity index (χ0n) is 14.5. The highest BCUT2D eigenvalue weighted by Gasteiger charge is 2.12. The van der Waals surface area contributed by atoms with Crippen LogP contribution in [0.2, 0.25) is 0 Å². The molecule has 0 aliphatic heterocycles. The van der Waals surface area contributed by atoms with Crippen LogP contribution in [0, 0.1) is 0 Å². The molecular formula is C19H16N6O2. The van der Waals surface area contributed by atoms with Gasteiger partial charge in [-0.05, 0) is 24.3 Å². The van der Waals surface area contributed by atoms with Gasteiger partial charge in [0, 0.05) is 43.0 Å². The van der Waals surface area contributed by atoms with E-state index in [2.05, 4.69) is 20.1 Å². The molecule has 134 valence electrons. The molecule has 8 nitrogen and oxygen atoms in total. The molecule has 0 bridgehead atoms. The maximum atomic E-state index is 6.05. The summed E-state index contributed by atoms with van der Waals surface area (Å²) in [4.78, 5) is 12.5. The molecule has 0 unspecified atom stereocenters. The lowest BCUT2D eigenvalue weighted by molar-refractivity contribution is 0.407. The molecule has 4 aromatic rings. The monoisotopic (exact) mass is 360 g/mol. The van der Waals surface area contributed by atoms with Crippen molar-refractivity contribution in [1.29, 1.82) is 0 Å². The van der Waals surface area contributed by atoms with E-state index in [1.807, 2.05) is 30.5 Å². The molecule has 4 rings (SSSR count). The third kappa shape index (κ3) is 3.54. The normalized spacial score (nSPS) is 10.6. The SMILES string of the molecule is COc1cc(Oc2ncccc2-c2ccnc(N)n2)cc(-n2cccn2)c1. The fraction of sp³-hybridized carbons (Fsp3) is 0.0526. The number of aromatic nitrogens is 5. The van der Waals surface area contributed by atoms with Crippen molar-refractivity contribution in [2.45, 2.75) is 0 Å². The van der Waals surface area contributed by atoms with E-state index in [0.717, 1.165) is 5.69 Å². The fourth-order valence-electron chi connectivity index (χ4n) is 2.59. The Kier molecular flexibility index (Phi) is 4.36. The predicted molar refractivity (Wildman–Crippen MR) is 99.9 cm³/mol. The number of methoxy groups -OCH3 is 1. The first-order valence-electron chi connectivity index (χ1n) is 8.14. The Bertz CT molecular complexity index is 1070. The number of ether oxygens (including phenoxy) is 2. The van der Waals surface area contributed by atoms with E-state index in [4.69, 9.17) is 15.2 Å². The number of pyridine rings is 1. The molecule has 3 heterocycles. The molecule has 0 aliphatic rings. The van der Waals surface area contributed by atoms with Gasteiger partial charge in [-0.3, -0.25) is 0 Å². The van der Waals surface area contributed by atoms with Gasteiger partial charge >= 0.3 is 0 Å². The fourth-order valence-corrected chi connectivity index (χ4v) is 2.59. The van der Waals surface area contributed by atoms with Crippen LogP contribution in [0.4, 0.5) is 5.95 Å². The predicted octanol–water partition coefficient (Wildman–Crippen LogP) is 3.11. The molecule has 27 heavy (non-hydrogen) atoms. The van der Waals surface area contributed by atoms with Gasteiger partial charge in [-0.25, -0.2) is 19.6 Å². The zero-order chi connectivity index (χ0) is 18.6. The summed E-state index contributed by atoms with van der Waals surface area (Å²) >= 11 is 0. The lowest BCUT2D eigenvalue weighted by atomic mass is 10.2.